The summed E-state index contributed by atoms with van der Waals surface area (Å²) in [6.07, 6.45) is 4.00. The summed E-state index contributed by atoms with van der Waals surface area (Å²) in [7, 11) is -3.44. The van der Waals surface area contributed by atoms with Crippen molar-refractivity contribution in [2.45, 2.75) is 56.4 Å². The molecule has 1 heterocycles. The van der Waals surface area contributed by atoms with E-state index >= 15 is 0 Å². The molecule has 1 aromatic rings. The molecular weight excluding hydrogens is 282 g/mol. The van der Waals surface area contributed by atoms with E-state index in [1.165, 1.54) is 0 Å². The van der Waals surface area contributed by atoms with Crippen molar-refractivity contribution in [1.29, 1.82) is 0 Å². The Morgan fingerprint density at radius 3 is 2.84 bits per heavy atom. The molecule has 0 radical (unpaired) electrons. The van der Waals surface area contributed by atoms with Gasteiger partial charge in [-0.3, -0.25) is 0 Å². The highest BCUT2D eigenvalue weighted by atomic mass is 32.2. The van der Waals surface area contributed by atoms with Crippen molar-refractivity contribution in [2.75, 3.05) is 0 Å². The second-order valence-corrected chi connectivity index (χ2v) is 8.86. The van der Waals surface area contributed by atoms with Gasteiger partial charge in [0.15, 0.2) is 0 Å². The lowest BCUT2D eigenvalue weighted by Gasteiger charge is -2.35. The van der Waals surface area contributed by atoms with Gasteiger partial charge in [-0.05, 0) is 41.7 Å². The lowest BCUT2D eigenvalue weighted by Crippen LogP contribution is -2.40. The van der Waals surface area contributed by atoms with Crippen LogP contribution in [0.4, 0.5) is 0 Å². The number of hydrogen-bond acceptors (Lipinski definition) is 4. The number of thiophene rings is 1. The first-order valence-electron chi connectivity index (χ1n) is 6.53. The lowest BCUT2D eigenvalue weighted by molar-refractivity contribution is 0.212. The fourth-order valence-electron chi connectivity index (χ4n) is 2.65. The first-order valence-corrected chi connectivity index (χ1v) is 8.89. The van der Waals surface area contributed by atoms with E-state index in [0.717, 1.165) is 37.0 Å². The minimum absolute atomic E-state index is 0.0217. The number of nitrogens with one attached hydrogen (secondary N) is 1. The van der Waals surface area contributed by atoms with E-state index in [9.17, 15) is 8.42 Å². The molecule has 0 aromatic carbocycles. The summed E-state index contributed by atoms with van der Waals surface area (Å²) in [6.45, 7) is 4.24. The van der Waals surface area contributed by atoms with Crippen LogP contribution in [0.3, 0.4) is 0 Å². The maximum absolute atomic E-state index is 12.3. The van der Waals surface area contributed by atoms with E-state index in [4.69, 9.17) is 5.11 Å². The summed E-state index contributed by atoms with van der Waals surface area (Å²) in [6, 6.07) is 1.56. The summed E-state index contributed by atoms with van der Waals surface area (Å²) in [5, 5.41) is 10.7. The standard InChI is InChI=1S/C13H21NO3S2/c1-13(2)5-3-4-11(7-13)14-19(16,17)12-6-10(8-15)9-18-12/h6,9,11,14-15H,3-5,7-8H2,1-2H3. The van der Waals surface area contributed by atoms with Gasteiger partial charge in [-0.15, -0.1) is 11.3 Å². The van der Waals surface area contributed by atoms with Crippen LogP contribution in [0.5, 0.6) is 0 Å². The van der Waals surface area contributed by atoms with Gasteiger partial charge < -0.3 is 5.11 Å². The molecule has 19 heavy (non-hydrogen) atoms. The number of rotatable bonds is 4. The van der Waals surface area contributed by atoms with E-state index in [0.29, 0.717) is 9.77 Å². The highest BCUT2D eigenvalue weighted by Crippen LogP contribution is 2.35. The van der Waals surface area contributed by atoms with E-state index in [2.05, 4.69) is 18.6 Å². The molecule has 0 saturated heterocycles. The average Bonchev–Trinajstić information content (AvgIpc) is 2.76. The van der Waals surface area contributed by atoms with E-state index in [1.807, 2.05) is 0 Å². The smallest absolute Gasteiger partial charge is 0.250 e. The molecule has 1 unspecified atom stereocenters. The van der Waals surface area contributed by atoms with Gasteiger partial charge in [-0.25, -0.2) is 13.1 Å². The van der Waals surface area contributed by atoms with E-state index < -0.39 is 10.0 Å². The van der Waals surface area contributed by atoms with E-state index in [-0.39, 0.29) is 18.1 Å². The van der Waals surface area contributed by atoms with Crippen LogP contribution in [0, 0.1) is 5.41 Å². The summed E-state index contributed by atoms with van der Waals surface area (Å²) in [4.78, 5) is 0. The van der Waals surface area contributed by atoms with Crippen molar-refractivity contribution in [2.24, 2.45) is 5.41 Å². The maximum atomic E-state index is 12.3. The van der Waals surface area contributed by atoms with Gasteiger partial charge in [-0.2, -0.15) is 0 Å². The van der Waals surface area contributed by atoms with Crippen LogP contribution >= 0.6 is 11.3 Å². The third-order valence-corrected chi connectivity index (χ3v) is 6.61. The predicted octanol–water partition coefficient (Wildman–Crippen LogP) is 2.49. The lowest BCUT2D eigenvalue weighted by atomic mass is 9.75. The molecule has 0 bridgehead atoms. The zero-order valence-electron chi connectivity index (χ0n) is 11.3. The molecule has 108 valence electrons. The minimum atomic E-state index is -3.44. The Balaban J connectivity index is 2.09. The van der Waals surface area contributed by atoms with Crippen LogP contribution in [0.1, 0.15) is 45.1 Å². The zero-order chi connectivity index (χ0) is 14.1. The van der Waals surface area contributed by atoms with Crippen LogP contribution in [0.25, 0.3) is 0 Å². The third kappa shape index (κ3) is 3.78. The number of hydrogen-bond donors (Lipinski definition) is 2. The second kappa shape index (κ2) is 5.52. The quantitative estimate of drug-likeness (QED) is 0.898. The average molecular weight is 303 g/mol. The summed E-state index contributed by atoms with van der Waals surface area (Å²) < 4.78 is 27.6. The van der Waals surface area contributed by atoms with Gasteiger partial charge in [0.1, 0.15) is 4.21 Å². The molecular formula is C13H21NO3S2. The molecule has 1 aliphatic rings. The molecule has 0 amide bonds. The molecule has 1 saturated carbocycles. The van der Waals surface area contributed by atoms with Crippen molar-refractivity contribution >= 4 is 21.4 Å². The SMILES string of the molecule is CC1(C)CCCC(NS(=O)(=O)c2cc(CO)cs2)C1. The van der Waals surface area contributed by atoms with Crippen molar-refractivity contribution in [1.82, 2.24) is 4.72 Å². The summed E-state index contributed by atoms with van der Waals surface area (Å²) in [5.74, 6) is 0. The zero-order valence-corrected chi connectivity index (χ0v) is 13.0. The van der Waals surface area contributed by atoms with Crippen LogP contribution in [-0.2, 0) is 16.6 Å². The molecule has 1 atom stereocenters. The third-order valence-electron chi connectivity index (χ3n) is 3.60. The van der Waals surface area contributed by atoms with Crippen LogP contribution in [-0.4, -0.2) is 19.6 Å². The molecule has 1 fully saturated rings. The first-order chi connectivity index (χ1) is 8.82. The molecule has 2 rings (SSSR count). The van der Waals surface area contributed by atoms with Gasteiger partial charge in [0.05, 0.1) is 6.61 Å². The van der Waals surface area contributed by atoms with Crippen LogP contribution in [0.15, 0.2) is 15.7 Å². The van der Waals surface area contributed by atoms with Crippen molar-refractivity contribution < 1.29 is 13.5 Å². The normalized spacial score (nSPS) is 23.4. The fourth-order valence-corrected chi connectivity index (χ4v) is 5.14. The molecule has 1 aromatic heterocycles. The molecule has 0 aliphatic heterocycles. The topological polar surface area (TPSA) is 66.4 Å². The monoisotopic (exact) mass is 303 g/mol. The van der Waals surface area contributed by atoms with Crippen molar-refractivity contribution in [3.05, 3.63) is 17.0 Å². The Morgan fingerprint density at radius 2 is 2.26 bits per heavy atom. The minimum Gasteiger partial charge on any atom is -0.392 e. The van der Waals surface area contributed by atoms with Gasteiger partial charge in [-0.1, -0.05) is 20.3 Å². The summed E-state index contributed by atoms with van der Waals surface area (Å²) >= 11 is 1.16. The molecule has 6 heteroatoms. The highest BCUT2D eigenvalue weighted by molar-refractivity contribution is 7.91. The fraction of sp³-hybridized carbons (Fsp3) is 0.692. The van der Waals surface area contributed by atoms with Crippen LogP contribution < -0.4 is 4.72 Å². The second-order valence-electron chi connectivity index (χ2n) is 6.01. The van der Waals surface area contributed by atoms with Crippen LogP contribution in [0.2, 0.25) is 0 Å². The molecule has 4 nitrogen and oxygen atoms in total. The van der Waals surface area contributed by atoms with Crippen molar-refractivity contribution in [3.8, 4) is 0 Å². The van der Waals surface area contributed by atoms with E-state index in [1.54, 1.807) is 11.4 Å². The first kappa shape index (κ1) is 15.0. The number of sulfonamides is 1. The molecule has 1 aliphatic carbocycles. The number of aliphatic hydroxyl groups excluding tert-OH is 1. The van der Waals surface area contributed by atoms with Gasteiger partial charge >= 0.3 is 0 Å². The van der Waals surface area contributed by atoms with Crippen molar-refractivity contribution in [3.63, 3.8) is 0 Å². The Bertz CT molecular complexity index is 534. The Kier molecular flexibility index (Phi) is 4.35. The Labute approximate surface area is 118 Å². The predicted molar refractivity (Wildman–Crippen MR) is 76.6 cm³/mol. The van der Waals surface area contributed by atoms with Gasteiger partial charge in [0.25, 0.3) is 0 Å². The Hall–Kier alpha value is -0.430. The summed E-state index contributed by atoms with van der Waals surface area (Å²) in [5.41, 5.74) is 0.853. The number of aliphatic hydroxyl groups is 1. The largest absolute Gasteiger partial charge is 0.392 e. The Morgan fingerprint density at radius 1 is 1.53 bits per heavy atom. The van der Waals surface area contributed by atoms with Gasteiger partial charge in [0, 0.05) is 6.04 Å². The van der Waals surface area contributed by atoms with Gasteiger partial charge in [0.2, 0.25) is 10.0 Å². The molecule has 2 N–H and O–H groups in total. The maximum Gasteiger partial charge on any atom is 0.250 e. The highest BCUT2D eigenvalue weighted by Gasteiger charge is 2.31. The molecule has 0 spiro atoms.